The Balaban J connectivity index is 1.94. The Morgan fingerprint density at radius 3 is 2.32 bits per heavy atom. The number of hydrogen-bond acceptors (Lipinski definition) is 3. The first kappa shape index (κ1) is 14.5. The van der Waals surface area contributed by atoms with E-state index in [4.69, 9.17) is 10.5 Å². The summed E-state index contributed by atoms with van der Waals surface area (Å²) < 4.78 is 5.94. The third-order valence-electron chi connectivity index (χ3n) is 4.01. The number of rotatable bonds is 5. The highest BCUT2D eigenvalue weighted by atomic mass is 16.5. The molecular weight excluding hydrogens is 238 g/mol. The Morgan fingerprint density at radius 2 is 1.74 bits per heavy atom. The van der Waals surface area contributed by atoms with Crippen LogP contribution in [0.2, 0.25) is 0 Å². The van der Waals surface area contributed by atoms with Crippen LogP contribution in [0.25, 0.3) is 0 Å². The van der Waals surface area contributed by atoms with E-state index < -0.39 is 5.60 Å². The maximum atomic E-state index is 10.6. The summed E-state index contributed by atoms with van der Waals surface area (Å²) in [6, 6.07) is 9.59. The Kier molecular flexibility index (Phi) is 5.37. The fraction of sp³-hybridized carbons (Fsp3) is 0.625. The minimum absolute atomic E-state index is 0.184. The van der Waals surface area contributed by atoms with Gasteiger partial charge in [0.05, 0.1) is 12.7 Å². The van der Waals surface area contributed by atoms with Gasteiger partial charge in [-0.15, -0.1) is 0 Å². The molecule has 0 aromatic heterocycles. The van der Waals surface area contributed by atoms with Crippen molar-refractivity contribution in [2.45, 2.75) is 50.2 Å². The van der Waals surface area contributed by atoms with Crippen LogP contribution < -0.4 is 5.73 Å². The number of aliphatic hydroxyl groups is 1. The molecule has 0 bridgehead atoms. The smallest absolute Gasteiger partial charge is 0.125 e. The summed E-state index contributed by atoms with van der Waals surface area (Å²) in [5, 5.41) is 10.6. The maximum Gasteiger partial charge on any atom is 0.125 e. The highest BCUT2D eigenvalue weighted by Gasteiger charge is 2.29. The molecule has 0 amide bonds. The summed E-state index contributed by atoms with van der Waals surface area (Å²) >= 11 is 0. The zero-order chi connectivity index (χ0) is 13.6. The van der Waals surface area contributed by atoms with Crippen LogP contribution in [0, 0.1) is 0 Å². The van der Waals surface area contributed by atoms with Gasteiger partial charge in [-0.25, -0.2) is 0 Å². The van der Waals surface area contributed by atoms with E-state index in [1.165, 1.54) is 25.7 Å². The van der Waals surface area contributed by atoms with Crippen molar-refractivity contribution >= 4 is 0 Å². The lowest BCUT2D eigenvalue weighted by molar-refractivity contribution is -0.0753. The van der Waals surface area contributed by atoms with Crippen LogP contribution in [0.5, 0.6) is 0 Å². The van der Waals surface area contributed by atoms with E-state index >= 15 is 0 Å². The molecule has 1 aromatic carbocycles. The molecule has 3 heteroatoms. The molecule has 3 N–H and O–H groups in total. The molecule has 106 valence electrons. The van der Waals surface area contributed by atoms with Crippen molar-refractivity contribution in [3.63, 3.8) is 0 Å². The molecule has 19 heavy (non-hydrogen) atoms. The lowest BCUT2D eigenvalue weighted by Crippen LogP contribution is -2.40. The number of benzene rings is 1. The molecule has 3 nitrogen and oxygen atoms in total. The first-order valence-corrected chi connectivity index (χ1v) is 7.34. The van der Waals surface area contributed by atoms with Crippen molar-refractivity contribution in [2.24, 2.45) is 5.73 Å². The Labute approximate surface area is 115 Å². The van der Waals surface area contributed by atoms with E-state index in [2.05, 4.69) is 0 Å². The summed E-state index contributed by atoms with van der Waals surface area (Å²) in [5.74, 6) is 0. The van der Waals surface area contributed by atoms with Crippen LogP contribution >= 0.6 is 0 Å². The summed E-state index contributed by atoms with van der Waals surface area (Å²) in [6.45, 7) is 0.474. The van der Waals surface area contributed by atoms with Gasteiger partial charge in [0, 0.05) is 6.54 Å². The number of hydrogen-bond donors (Lipinski definition) is 2. The molecular formula is C16H25NO2. The van der Waals surface area contributed by atoms with E-state index in [0.717, 1.165) is 18.4 Å². The van der Waals surface area contributed by atoms with Crippen molar-refractivity contribution in [1.29, 1.82) is 0 Å². The van der Waals surface area contributed by atoms with Crippen molar-refractivity contribution in [1.82, 2.24) is 0 Å². The van der Waals surface area contributed by atoms with Gasteiger partial charge in [0.1, 0.15) is 5.60 Å². The molecule has 0 saturated heterocycles. The van der Waals surface area contributed by atoms with E-state index in [-0.39, 0.29) is 19.3 Å². The molecule has 1 unspecified atom stereocenters. The Hall–Kier alpha value is -0.900. The summed E-state index contributed by atoms with van der Waals surface area (Å²) in [5.41, 5.74) is 5.53. The van der Waals surface area contributed by atoms with Gasteiger partial charge in [-0.1, -0.05) is 56.0 Å². The van der Waals surface area contributed by atoms with Crippen molar-refractivity contribution in [2.75, 3.05) is 13.2 Å². The molecule has 0 aliphatic heterocycles. The highest BCUT2D eigenvalue weighted by molar-refractivity contribution is 5.22. The SMILES string of the molecule is NCC(O)(COC1CCCCCC1)c1ccccc1. The van der Waals surface area contributed by atoms with E-state index in [0.29, 0.717) is 0 Å². The number of nitrogens with two attached hydrogens (primary N) is 1. The van der Waals surface area contributed by atoms with Gasteiger partial charge < -0.3 is 15.6 Å². The van der Waals surface area contributed by atoms with Gasteiger partial charge in [-0.2, -0.15) is 0 Å². The van der Waals surface area contributed by atoms with Crippen molar-refractivity contribution in [3.8, 4) is 0 Å². The monoisotopic (exact) mass is 263 g/mol. The summed E-state index contributed by atoms with van der Waals surface area (Å²) in [4.78, 5) is 0. The Bertz CT molecular complexity index is 360. The highest BCUT2D eigenvalue weighted by Crippen LogP contribution is 2.24. The molecule has 2 rings (SSSR count). The zero-order valence-corrected chi connectivity index (χ0v) is 11.6. The second kappa shape index (κ2) is 7.04. The van der Waals surface area contributed by atoms with Gasteiger partial charge in [-0.3, -0.25) is 0 Å². The number of ether oxygens (including phenoxy) is 1. The van der Waals surface area contributed by atoms with Gasteiger partial charge in [0.2, 0.25) is 0 Å². The van der Waals surface area contributed by atoms with E-state index in [1.807, 2.05) is 30.3 Å². The topological polar surface area (TPSA) is 55.5 Å². The average molecular weight is 263 g/mol. The fourth-order valence-corrected chi connectivity index (χ4v) is 2.67. The largest absolute Gasteiger partial charge is 0.381 e. The predicted octanol–water partition coefficient (Wildman–Crippen LogP) is 2.57. The normalized spacial score (nSPS) is 20.7. The van der Waals surface area contributed by atoms with Gasteiger partial charge in [0.15, 0.2) is 0 Å². The van der Waals surface area contributed by atoms with Gasteiger partial charge in [-0.05, 0) is 18.4 Å². The minimum Gasteiger partial charge on any atom is -0.381 e. The fourth-order valence-electron chi connectivity index (χ4n) is 2.67. The molecule has 1 aromatic rings. The first-order valence-electron chi connectivity index (χ1n) is 7.34. The van der Waals surface area contributed by atoms with Crippen molar-refractivity contribution < 1.29 is 9.84 Å². The van der Waals surface area contributed by atoms with Crippen LogP contribution in [0.3, 0.4) is 0 Å². The van der Waals surface area contributed by atoms with Gasteiger partial charge >= 0.3 is 0 Å². The molecule has 0 radical (unpaired) electrons. The summed E-state index contributed by atoms with van der Waals surface area (Å²) in [7, 11) is 0. The van der Waals surface area contributed by atoms with E-state index in [1.54, 1.807) is 0 Å². The lowest BCUT2D eigenvalue weighted by atomic mass is 9.95. The lowest BCUT2D eigenvalue weighted by Gasteiger charge is -2.29. The molecule has 1 aliphatic carbocycles. The zero-order valence-electron chi connectivity index (χ0n) is 11.6. The quantitative estimate of drug-likeness (QED) is 0.803. The molecule has 0 heterocycles. The summed E-state index contributed by atoms with van der Waals surface area (Å²) in [6.07, 6.45) is 7.57. The van der Waals surface area contributed by atoms with E-state index in [9.17, 15) is 5.11 Å². The second-order valence-corrected chi connectivity index (χ2v) is 5.53. The standard InChI is InChI=1S/C16H25NO2/c17-12-16(18,14-8-4-3-5-9-14)13-19-15-10-6-1-2-7-11-15/h3-5,8-9,15,18H,1-2,6-7,10-13,17H2. The molecule has 0 spiro atoms. The third-order valence-corrected chi connectivity index (χ3v) is 4.01. The molecule has 1 fully saturated rings. The third kappa shape index (κ3) is 4.03. The van der Waals surface area contributed by atoms with Crippen LogP contribution in [-0.2, 0) is 10.3 Å². The van der Waals surface area contributed by atoms with Crippen LogP contribution in [0.15, 0.2) is 30.3 Å². The molecule has 1 aliphatic rings. The minimum atomic E-state index is -1.06. The average Bonchev–Trinajstić information content (AvgIpc) is 2.74. The van der Waals surface area contributed by atoms with Crippen molar-refractivity contribution in [3.05, 3.63) is 35.9 Å². The van der Waals surface area contributed by atoms with Crippen LogP contribution in [0.4, 0.5) is 0 Å². The van der Waals surface area contributed by atoms with Gasteiger partial charge in [0.25, 0.3) is 0 Å². The first-order chi connectivity index (χ1) is 9.24. The Morgan fingerprint density at radius 1 is 1.11 bits per heavy atom. The predicted molar refractivity (Wildman–Crippen MR) is 76.8 cm³/mol. The second-order valence-electron chi connectivity index (χ2n) is 5.53. The maximum absolute atomic E-state index is 10.6. The van der Waals surface area contributed by atoms with Crippen LogP contribution in [-0.4, -0.2) is 24.4 Å². The molecule has 1 saturated carbocycles. The van der Waals surface area contributed by atoms with Crippen LogP contribution in [0.1, 0.15) is 44.1 Å². The molecule has 1 atom stereocenters.